The van der Waals surface area contributed by atoms with Crippen LogP contribution in [0.1, 0.15) is 55.4 Å². The molecule has 0 N–H and O–H groups in total. The largest absolute Gasteiger partial charge is 0.0870 e. The number of allylic oxidation sites excluding steroid dienone is 1. The van der Waals surface area contributed by atoms with Gasteiger partial charge in [0.05, 0.1) is 0 Å². The highest BCUT2D eigenvalue weighted by Crippen LogP contribution is 2.28. The van der Waals surface area contributed by atoms with Crippen LogP contribution in [0, 0.1) is 13.8 Å². The summed E-state index contributed by atoms with van der Waals surface area (Å²) >= 11 is 0. The summed E-state index contributed by atoms with van der Waals surface area (Å²) in [5, 5.41) is 0. The van der Waals surface area contributed by atoms with E-state index in [-0.39, 0.29) is 0 Å². The van der Waals surface area contributed by atoms with E-state index >= 15 is 0 Å². The molecule has 0 aliphatic rings. The summed E-state index contributed by atoms with van der Waals surface area (Å²) in [4.78, 5) is 0. The van der Waals surface area contributed by atoms with Crippen molar-refractivity contribution in [3.8, 4) is 0 Å². The molecule has 0 amide bonds. The number of aryl methyl sites for hydroxylation is 1. The lowest BCUT2D eigenvalue weighted by molar-refractivity contribution is 0.731. The molecule has 1 aromatic carbocycles. The maximum absolute atomic E-state index is 2.30. The minimum absolute atomic E-state index is 0.649. The van der Waals surface area contributed by atoms with Gasteiger partial charge in [-0.2, -0.15) is 0 Å². The molecule has 0 saturated heterocycles. The third kappa shape index (κ3) is 2.50. The van der Waals surface area contributed by atoms with Gasteiger partial charge in [-0.05, 0) is 55.4 Å². The van der Waals surface area contributed by atoms with Crippen LogP contribution < -0.4 is 0 Å². The number of benzene rings is 1. The smallest absolute Gasteiger partial charge is 0.0187 e. The van der Waals surface area contributed by atoms with E-state index in [1.54, 1.807) is 0 Å². The monoisotopic (exact) mass is 202 g/mol. The van der Waals surface area contributed by atoms with Gasteiger partial charge in [0.2, 0.25) is 0 Å². The summed E-state index contributed by atoms with van der Waals surface area (Å²) in [6.45, 7) is 11.0. The van der Waals surface area contributed by atoms with E-state index in [2.05, 4.69) is 58.9 Å². The van der Waals surface area contributed by atoms with E-state index in [4.69, 9.17) is 0 Å². The molecule has 0 nitrogen and oxygen atoms in total. The van der Waals surface area contributed by atoms with Gasteiger partial charge in [0, 0.05) is 0 Å². The first-order chi connectivity index (χ1) is 7.11. The predicted octanol–water partition coefficient (Wildman–Crippen LogP) is 4.85. The third-order valence-corrected chi connectivity index (χ3v) is 3.30. The molecule has 82 valence electrons. The fourth-order valence-electron chi connectivity index (χ4n) is 1.90. The Hall–Kier alpha value is -1.04. The molecule has 15 heavy (non-hydrogen) atoms. The van der Waals surface area contributed by atoms with Crippen molar-refractivity contribution in [1.29, 1.82) is 0 Å². The van der Waals surface area contributed by atoms with Crippen molar-refractivity contribution in [3.05, 3.63) is 40.5 Å². The zero-order valence-corrected chi connectivity index (χ0v) is 10.6. The van der Waals surface area contributed by atoms with E-state index in [0.717, 1.165) is 0 Å². The topological polar surface area (TPSA) is 0 Å². The van der Waals surface area contributed by atoms with Crippen molar-refractivity contribution in [2.45, 2.75) is 47.0 Å². The van der Waals surface area contributed by atoms with E-state index < -0.39 is 0 Å². The molecular weight excluding hydrogens is 180 g/mol. The van der Waals surface area contributed by atoms with E-state index in [9.17, 15) is 0 Å². The fourth-order valence-corrected chi connectivity index (χ4v) is 1.90. The first-order valence-electron chi connectivity index (χ1n) is 5.84. The van der Waals surface area contributed by atoms with Gasteiger partial charge in [-0.25, -0.2) is 0 Å². The van der Waals surface area contributed by atoms with Crippen LogP contribution in [0.15, 0.2) is 18.2 Å². The van der Waals surface area contributed by atoms with Gasteiger partial charge in [-0.3, -0.25) is 0 Å². The average Bonchev–Trinajstić information content (AvgIpc) is 2.24. The highest BCUT2D eigenvalue weighted by molar-refractivity contribution is 5.60. The molecular formula is C15H22. The Kier molecular flexibility index (Phi) is 4.14. The molecule has 0 aromatic heterocycles. The van der Waals surface area contributed by atoms with Gasteiger partial charge >= 0.3 is 0 Å². The Bertz CT molecular complexity index is 359. The van der Waals surface area contributed by atoms with Crippen LogP contribution in [0.3, 0.4) is 0 Å². The van der Waals surface area contributed by atoms with Crippen molar-refractivity contribution in [3.63, 3.8) is 0 Å². The molecule has 0 heteroatoms. The number of rotatable bonds is 3. The van der Waals surface area contributed by atoms with Crippen molar-refractivity contribution in [1.82, 2.24) is 0 Å². The van der Waals surface area contributed by atoms with E-state index in [1.807, 2.05) is 0 Å². The molecule has 1 rings (SSSR count). The van der Waals surface area contributed by atoms with Crippen molar-refractivity contribution >= 4 is 6.08 Å². The zero-order chi connectivity index (χ0) is 11.4. The summed E-state index contributed by atoms with van der Waals surface area (Å²) in [6.07, 6.45) is 5.57. The molecule has 0 radical (unpaired) electrons. The molecule has 0 spiro atoms. The van der Waals surface area contributed by atoms with Crippen molar-refractivity contribution in [2.75, 3.05) is 0 Å². The minimum Gasteiger partial charge on any atom is -0.0870 e. The van der Waals surface area contributed by atoms with Crippen molar-refractivity contribution in [2.24, 2.45) is 0 Å². The summed E-state index contributed by atoms with van der Waals surface area (Å²) in [6, 6.07) is 4.52. The fraction of sp³-hybridized carbons (Fsp3) is 0.467. The second kappa shape index (κ2) is 5.16. The van der Waals surface area contributed by atoms with Gasteiger partial charge in [0.1, 0.15) is 0 Å². The first kappa shape index (κ1) is 12.0. The maximum atomic E-state index is 2.30. The maximum Gasteiger partial charge on any atom is -0.0187 e. The Morgan fingerprint density at radius 1 is 1.27 bits per heavy atom. The van der Waals surface area contributed by atoms with Crippen LogP contribution in [0.4, 0.5) is 0 Å². The molecule has 0 saturated carbocycles. The Morgan fingerprint density at radius 2 is 1.93 bits per heavy atom. The SMILES string of the molecule is C/C=C\c1c(C(C)CC)ccc(C)c1C. The second-order valence-corrected chi connectivity index (χ2v) is 4.32. The quantitative estimate of drug-likeness (QED) is 0.657. The van der Waals surface area contributed by atoms with Crippen LogP contribution >= 0.6 is 0 Å². The van der Waals surface area contributed by atoms with Gasteiger partial charge in [0.25, 0.3) is 0 Å². The lowest BCUT2D eigenvalue weighted by atomic mass is 9.89. The molecule has 1 atom stereocenters. The van der Waals surface area contributed by atoms with Gasteiger partial charge < -0.3 is 0 Å². The average molecular weight is 202 g/mol. The number of hydrogen-bond donors (Lipinski definition) is 0. The minimum atomic E-state index is 0.649. The van der Waals surface area contributed by atoms with Crippen molar-refractivity contribution < 1.29 is 0 Å². The first-order valence-corrected chi connectivity index (χ1v) is 5.84. The molecule has 1 aromatic rings. The van der Waals surface area contributed by atoms with Crippen LogP contribution in [0.5, 0.6) is 0 Å². The Labute approximate surface area is 94.0 Å². The highest BCUT2D eigenvalue weighted by Gasteiger charge is 2.10. The van der Waals surface area contributed by atoms with E-state index in [1.165, 1.54) is 28.7 Å². The molecule has 0 bridgehead atoms. The Morgan fingerprint density at radius 3 is 2.47 bits per heavy atom. The van der Waals surface area contributed by atoms with Crippen LogP contribution in [0.25, 0.3) is 6.08 Å². The molecule has 0 aliphatic carbocycles. The summed E-state index contributed by atoms with van der Waals surface area (Å²) in [7, 11) is 0. The molecule has 0 aliphatic heterocycles. The normalized spacial score (nSPS) is 13.4. The summed E-state index contributed by atoms with van der Waals surface area (Å²) < 4.78 is 0. The Balaban J connectivity index is 3.32. The second-order valence-electron chi connectivity index (χ2n) is 4.32. The van der Waals surface area contributed by atoms with Crippen LogP contribution in [0.2, 0.25) is 0 Å². The summed E-state index contributed by atoms with van der Waals surface area (Å²) in [5.74, 6) is 0.649. The number of hydrogen-bond acceptors (Lipinski definition) is 0. The third-order valence-electron chi connectivity index (χ3n) is 3.30. The van der Waals surface area contributed by atoms with E-state index in [0.29, 0.717) is 5.92 Å². The molecule has 0 heterocycles. The zero-order valence-electron chi connectivity index (χ0n) is 10.6. The lowest BCUT2D eigenvalue weighted by Crippen LogP contribution is -1.98. The van der Waals surface area contributed by atoms with Gasteiger partial charge in [-0.15, -0.1) is 0 Å². The molecule has 0 fully saturated rings. The highest BCUT2D eigenvalue weighted by atomic mass is 14.1. The standard InChI is InChI=1S/C15H22/c1-6-8-15-13(5)12(4)9-10-14(15)11(3)7-2/h6,8-11H,7H2,1-5H3/b8-6-. The van der Waals surface area contributed by atoms with Gasteiger partial charge in [0.15, 0.2) is 0 Å². The predicted molar refractivity (Wildman–Crippen MR) is 69.3 cm³/mol. The van der Waals surface area contributed by atoms with Crippen LogP contribution in [-0.2, 0) is 0 Å². The lowest BCUT2D eigenvalue weighted by Gasteiger charge is -2.16. The van der Waals surface area contributed by atoms with Gasteiger partial charge in [-0.1, -0.05) is 38.1 Å². The van der Waals surface area contributed by atoms with Crippen LogP contribution in [-0.4, -0.2) is 0 Å². The summed E-state index contributed by atoms with van der Waals surface area (Å²) in [5.41, 5.74) is 5.71. The molecule has 1 unspecified atom stereocenters.